The molecule has 2 aromatic rings. The zero-order valence-corrected chi connectivity index (χ0v) is 11.4. The molecule has 1 aromatic carbocycles. The Bertz CT molecular complexity index is 525. The molecule has 0 N–H and O–H groups in total. The molecule has 17 heavy (non-hydrogen) atoms. The van der Waals surface area contributed by atoms with E-state index in [2.05, 4.69) is 26.1 Å². The quantitative estimate of drug-likeness (QED) is 0.871. The monoisotopic (exact) mass is 297 g/mol. The largest absolute Gasteiger partial charge is 0.496 e. The van der Waals surface area contributed by atoms with E-state index in [0.717, 1.165) is 10.0 Å². The van der Waals surface area contributed by atoms with Gasteiger partial charge in [-0.25, -0.2) is 0 Å². The van der Waals surface area contributed by atoms with E-state index >= 15 is 0 Å². The Labute approximate surface area is 108 Å². The number of ether oxygens (including phenoxy) is 1. The van der Waals surface area contributed by atoms with Crippen LogP contribution in [-0.2, 0) is 0 Å². The van der Waals surface area contributed by atoms with Crippen LogP contribution in [0.3, 0.4) is 0 Å². The Morgan fingerprint density at radius 3 is 2.65 bits per heavy atom. The van der Waals surface area contributed by atoms with Crippen molar-refractivity contribution in [1.29, 1.82) is 0 Å². The first-order valence-corrected chi connectivity index (χ1v) is 5.76. The van der Waals surface area contributed by atoms with E-state index in [-0.39, 0.29) is 0 Å². The van der Waals surface area contributed by atoms with E-state index < -0.39 is 0 Å². The van der Waals surface area contributed by atoms with Gasteiger partial charge >= 0.3 is 6.01 Å². The molecule has 0 aliphatic heterocycles. The molecular formula is C11H12BrN3O2. The number of nitrogens with zero attached hydrogens (tertiary/aromatic N) is 3. The fraction of sp³-hybridized carbons (Fsp3) is 0.273. The first-order valence-electron chi connectivity index (χ1n) is 4.96. The SMILES string of the molecule is COc1ccc(Br)cc1-c1nnc(N(C)C)o1. The van der Waals surface area contributed by atoms with Crippen LogP contribution < -0.4 is 9.64 Å². The van der Waals surface area contributed by atoms with Crippen molar-refractivity contribution < 1.29 is 9.15 Å². The van der Waals surface area contributed by atoms with Crippen molar-refractivity contribution in [3.05, 3.63) is 22.7 Å². The average molecular weight is 298 g/mol. The van der Waals surface area contributed by atoms with Gasteiger partial charge in [0.1, 0.15) is 5.75 Å². The molecule has 0 aliphatic rings. The Balaban J connectivity index is 2.47. The summed E-state index contributed by atoms with van der Waals surface area (Å²) in [5, 5.41) is 7.93. The molecule has 1 aromatic heterocycles. The minimum Gasteiger partial charge on any atom is -0.496 e. The number of benzene rings is 1. The number of rotatable bonds is 3. The molecule has 0 aliphatic carbocycles. The highest BCUT2D eigenvalue weighted by molar-refractivity contribution is 9.10. The van der Waals surface area contributed by atoms with Crippen LogP contribution in [0.1, 0.15) is 0 Å². The summed E-state index contributed by atoms with van der Waals surface area (Å²) in [5.74, 6) is 1.13. The van der Waals surface area contributed by atoms with Crippen molar-refractivity contribution >= 4 is 21.9 Å². The first kappa shape index (κ1) is 11.9. The highest BCUT2D eigenvalue weighted by atomic mass is 79.9. The smallest absolute Gasteiger partial charge is 0.317 e. The number of methoxy groups -OCH3 is 1. The van der Waals surface area contributed by atoms with Crippen molar-refractivity contribution in [2.75, 3.05) is 26.1 Å². The maximum Gasteiger partial charge on any atom is 0.317 e. The molecule has 0 amide bonds. The minimum absolute atomic E-state index is 0.437. The van der Waals surface area contributed by atoms with E-state index in [9.17, 15) is 0 Å². The summed E-state index contributed by atoms with van der Waals surface area (Å²) in [6, 6.07) is 6.08. The zero-order chi connectivity index (χ0) is 12.4. The van der Waals surface area contributed by atoms with Crippen LogP contribution in [0.25, 0.3) is 11.5 Å². The normalized spacial score (nSPS) is 10.4. The molecule has 0 spiro atoms. The summed E-state index contributed by atoms with van der Waals surface area (Å²) in [4.78, 5) is 1.75. The van der Waals surface area contributed by atoms with Gasteiger partial charge in [-0.15, -0.1) is 5.10 Å². The second-order valence-corrected chi connectivity index (χ2v) is 4.54. The maximum absolute atomic E-state index is 5.53. The maximum atomic E-state index is 5.53. The van der Waals surface area contributed by atoms with Gasteiger partial charge in [0.25, 0.3) is 5.89 Å². The summed E-state index contributed by atoms with van der Waals surface area (Å²) in [6.07, 6.45) is 0. The standard InChI is InChI=1S/C11H12BrN3O2/c1-15(2)11-14-13-10(17-11)8-6-7(12)4-5-9(8)16-3/h4-6H,1-3H3. The lowest BCUT2D eigenvalue weighted by Crippen LogP contribution is -2.08. The number of anilines is 1. The van der Waals surface area contributed by atoms with E-state index in [1.54, 1.807) is 12.0 Å². The molecule has 1 heterocycles. The summed E-state index contributed by atoms with van der Waals surface area (Å²) in [5.41, 5.74) is 0.766. The molecule has 2 rings (SSSR count). The van der Waals surface area contributed by atoms with Gasteiger partial charge < -0.3 is 14.1 Å². The van der Waals surface area contributed by atoms with E-state index in [4.69, 9.17) is 9.15 Å². The molecule has 0 unspecified atom stereocenters. The van der Waals surface area contributed by atoms with Gasteiger partial charge in [-0.3, -0.25) is 0 Å². The number of halogens is 1. The van der Waals surface area contributed by atoms with Gasteiger partial charge in [-0.1, -0.05) is 21.0 Å². The Hall–Kier alpha value is -1.56. The molecule has 90 valence electrons. The molecule has 6 heteroatoms. The van der Waals surface area contributed by atoms with Crippen molar-refractivity contribution in [3.8, 4) is 17.2 Å². The zero-order valence-electron chi connectivity index (χ0n) is 9.77. The van der Waals surface area contributed by atoms with Crippen LogP contribution in [0.2, 0.25) is 0 Å². The highest BCUT2D eigenvalue weighted by Gasteiger charge is 2.14. The third kappa shape index (κ3) is 2.41. The van der Waals surface area contributed by atoms with Gasteiger partial charge in [0, 0.05) is 18.6 Å². The lowest BCUT2D eigenvalue weighted by Gasteiger charge is -2.06. The summed E-state index contributed by atoms with van der Waals surface area (Å²) >= 11 is 3.40. The minimum atomic E-state index is 0.437. The van der Waals surface area contributed by atoms with Crippen molar-refractivity contribution in [1.82, 2.24) is 10.2 Å². The van der Waals surface area contributed by atoms with Gasteiger partial charge in [-0.2, -0.15) is 0 Å². The summed E-state index contributed by atoms with van der Waals surface area (Å²) in [6.45, 7) is 0. The molecule has 0 radical (unpaired) electrons. The van der Waals surface area contributed by atoms with Crippen LogP contribution in [0.4, 0.5) is 6.01 Å². The van der Waals surface area contributed by atoms with Crippen LogP contribution in [-0.4, -0.2) is 31.4 Å². The highest BCUT2D eigenvalue weighted by Crippen LogP contribution is 2.32. The Kier molecular flexibility index (Phi) is 3.33. The van der Waals surface area contributed by atoms with Gasteiger partial charge in [-0.05, 0) is 18.2 Å². The van der Waals surface area contributed by atoms with Gasteiger partial charge in [0.05, 0.1) is 12.7 Å². The predicted octanol–water partition coefficient (Wildman–Crippen LogP) is 2.57. The predicted molar refractivity (Wildman–Crippen MR) is 68.3 cm³/mol. The van der Waals surface area contributed by atoms with E-state index in [0.29, 0.717) is 17.7 Å². The van der Waals surface area contributed by atoms with Crippen LogP contribution in [0, 0.1) is 0 Å². The second-order valence-electron chi connectivity index (χ2n) is 3.63. The average Bonchev–Trinajstić information content (AvgIpc) is 2.78. The molecule has 0 saturated heterocycles. The molecule has 0 atom stereocenters. The van der Waals surface area contributed by atoms with Crippen LogP contribution in [0.5, 0.6) is 5.75 Å². The molecule has 0 bridgehead atoms. The first-order chi connectivity index (χ1) is 8.11. The third-order valence-electron chi connectivity index (χ3n) is 2.19. The van der Waals surface area contributed by atoms with Crippen molar-refractivity contribution in [3.63, 3.8) is 0 Å². The fourth-order valence-electron chi connectivity index (χ4n) is 1.35. The van der Waals surface area contributed by atoms with Crippen LogP contribution in [0.15, 0.2) is 27.1 Å². The summed E-state index contributed by atoms with van der Waals surface area (Å²) in [7, 11) is 5.29. The van der Waals surface area contributed by atoms with Crippen LogP contribution >= 0.6 is 15.9 Å². The summed E-state index contributed by atoms with van der Waals surface area (Å²) < 4.78 is 11.7. The number of hydrogen-bond donors (Lipinski definition) is 0. The molecular weight excluding hydrogens is 286 g/mol. The molecule has 5 nitrogen and oxygen atoms in total. The fourth-order valence-corrected chi connectivity index (χ4v) is 1.71. The molecule has 0 fully saturated rings. The lowest BCUT2D eigenvalue weighted by atomic mass is 10.2. The van der Waals surface area contributed by atoms with Gasteiger partial charge in [0.2, 0.25) is 0 Å². The second kappa shape index (κ2) is 4.75. The van der Waals surface area contributed by atoms with Crippen molar-refractivity contribution in [2.45, 2.75) is 0 Å². The topological polar surface area (TPSA) is 51.4 Å². The van der Waals surface area contributed by atoms with E-state index in [1.165, 1.54) is 0 Å². The number of hydrogen-bond acceptors (Lipinski definition) is 5. The van der Waals surface area contributed by atoms with E-state index in [1.807, 2.05) is 32.3 Å². The number of aromatic nitrogens is 2. The Morgan fingerprint density at radius 2 is 2.06 bits per heavy atom. The van der Waals surface area contributed by atoms with Crippen molar-refractivity contribution in [2.24, 2.45) is 0 Å². The molecule has 0 saturated carbocycles. The third-order valence-corrected chi connectivity index (χ3v) is 2.68. The Morgan fingerprint density at radius 1 is 1.29 bits per heavy atom. The van der Waals surface area contributed by atoms with Gasteiger partial charge in [0.15, 0.2) is 0 Å². The lowest BCUT2D eigenvalue weighted by molar-refractivity contribution is 0.414.